The van der Waals surface area contributed by atoms with Crippen LogP contribution in [-0.2, 0) is 6.54 Å². The average Bonchev–Trinajstić information content (AvgIpc) is 2.55. The van der Waals surface area contributed by atoms with E-state index in [0.717, 1.165) is 4.57 Å². The van der Waals surface area contributed by atoms with Gasteiger partial charge in [-0.05, 0) is 25.5 Å². The highest BCUT2D eigenvalue weighted by atomic mass is 35.5. The van der Waals surface area contributed by atoms with E-state index in [1.165, 1.54) is 6.92 Å². The number of hydrogen-bond acceptors (Lipinski definition) is 5. The van der Waals surface area contributed by atoms with Gasteiger partial charge in [-0.15, -0.1) is 10.2 Å². The van der Waals surface area contributed by atoms with Crippen LogP contribution >= 0.6 is 23.2 Å². The third-order valence-electron chi connectivity index (χ3n) is 3.41. The molecular weight excluding hydrogens is 351 g/mol. The fourth-order valence-electron chi connectivity index (χ4n) is 2.16. The molecule has 24 heavy (non-hydrogen) atoms. The van der Waals surface area contributed by atoms with Gasteiger partial charge >= 0.3 is 0 Å². The summed E-state index contributed by atoms with van der Waals surface area (Å²) in [5, 5.41) is 27.8. The third-order valence-corrected chi connectivity index (χ3v) is 4.21. The van der Waals surface area contributed by atoms with Gasteiger partial charge in [-0.1, -0.05) is 36.2 Å². The van der Waals surface area contributed by atoms with Crippen LogP contribution in [0.1, 0.15) is 24.5 Å². The average molecular weight is 365 g/mol. The lowest BCUT2D eigenvalue weighted by Gasteiger charge is -2.11. The molecule has 0 unspecified atom stereocenters. The zero-order valence-electron chi connectivity index (χ0n) is 13.0. The predicted octanol–water partition coefficient (Wildman–Crippen LogP) is 4.87. The van der Waals surface area contributed by atoms with E-state index >= 15 is 0 Å². The summed E-state index contributed by atoms with van der Waals surface area (Å²) in [6, 6.07) is 6.75. The monoisotopic (exact) mass is 364 g/mol. The topological polar surface area (TPSA) is 90.7 Å². The number of rotatable bonds is 4. The maximum atomic E-state index is 12.5. The second-order valence-electron chi connectivity index (χ2n) is 5.01. The van der Waals surface area contributed by atoms with E-state index in [1.807, 2.05) is 13.0 Å². The zero-order valence-corrected chi connectivity index (χ0v) is 14.6. The number of pyridine rings is 1. The lowest BCUT2D eigenvalue weighted by atomic mass is 10.1. The molecule has 0 saturated carbocycles. The first-order valence-electron chi connectivity index (χ1n) is 7.14. The van der Waals surface area contributed by atoms with Crippen molar-refractivity contribution in [2.24, 2.45) is 10.2 Å². The summed E-state index contributed by atoms with van der Waals surface area (Å²) in [5.41, 5.74) is 0.0154. The van der Waals surface area contributed by atoms with E-state index < -0.39 is 5.56 Å². The number of hydrogen-bond donors (Lipinski definition) is 1. The molecule has 0 fully saturated rings. The number of aromatic nitrogens is 1. The van der Waals surface area contributed by atoms with Gasteiger partial charge in [-0.2, -0.15) is 5.26 Å². The normalized spacial score (nSPS) is 11.0. The van der Waals surface area contributed by atoms with Crippen molar-refractivity contribution in [1.29, 1.82) is 5.26 Å². The van der Waals surface area contributed by atoms with E-state index in [2.05, 4.69) is 10.2 Å². The van der Waals surface area contributed by atoms with Crippen molar-refractivity contribution in [1.82, 2.24) is 4.57 Å². The maximum absolute atomic E-state index is 12.5. The Balaban J connectivity index is 2.64. The largest absolute Gasteiger partial charge is 0.493 e. The molecule has 0 aliphatic rings. The molecule has 0 bridgehead atoms. The van der Waals surface area contributed by atoms with Crippen LogP contribution in [-0.4, -0.2) is 9.67 Å². The van der Waals surface area contributed by atoms with Gasteiger partial charge in [-0.25, -0.2) is 0 Å². The van der Waals surface area contributed by atoms with Crippen molar-refractivity contribution in [3.8, 4) is 11.9 Å². The number of benzene rings is 1. The molecule has 2 aromatic rings. The summed E-state index contributed by atoms with van der Waals surface area (Å²) >= 11 is 12.0. The van der Waals surface area contributed by atoms with E-state index in [0.29, 0.717) is 17.1 Å². The first kappa shape index (κ1) is 18.0. The van der Waals surface area contributed by atoms with Crippen LogP contribution in [0.15, 0.2) is 33.2 Å². The molecule has 0 amide bonds. The van der Waals surface area contributed by atoms with Crippen LogP contribution in [0.3, 0.4) is 0 Å². The first-order chi connectivity index (χ1) is 11.4. The van der Waals surface area contributed by atoms with Crippen LogP contribution < -0.4 is 5.56 Å². The molecule has 124 valence electrons. The van der Waals surface area contributed by atoms with Gasteiger partial charge in [0.05, 0.1) is 10.0 Å². The Bertz CT molecular complexity index is 914. The number of azo groups is 1. The van der Waals surface area contributed by atoms with Crippen molar-refractivity contribution >= 4 is 34.6 Å². The predicted molar refractivity (Wildman–Crippen MR) is 92.7 cm³/mol. The fraction of sp³-hybridized carbons (Fsp3) is 0.250. The van der Waals surface area contributed by atoms with Gasteiger partial charge in [0.1, 0.15) is 17.3 Å². The Morgan fingerprint density at radius 1 is 1.33 bits per heavy atom. The van der Waals surface area contributed by atoms with Crippen molar-refractivity contribution in [3.63, 3.8) is 0 Å². The SMILES string of the molecule is CCCn1c(O)c(C#N)c(C)c(N=Nc2cccc(Cl)c2Cl)c1=O. The van der Waals surface area contributed by atoms with Crippen LogP contribution in [0.2, 0.25) is 10.0 Å². The number of aromatic hydroxyl groups is 1. The Labute approximate surface area is 148 Å². The zero-order chi connectivity index (χ0) is 17.9. The molecule has 6 nitrogen and oxygen atoms in total. The molecule has 1 heterocycles. The highest BCUT2D eigenvalue weighted by molar-refractivity contribution is 6.43. The molecular formula is C16H14Cl2N4O2. The quantitative estimate of drug-likeness (QED) is 0.784. The van der Waals surface area contributed by atoms with Gasteiger partial charge in [0, 0.05) is 12.1 Å². The highest BCUT2D eigenvalue weighted by Crippen LogP contribution is 2.33. The molecule has 0 radical (unpaired) electrons. The van der Waals surface area contributed by atoms with Crippen LogP contribution in [0.25, 0.3) is 0 Å². The van der Waals surface area contributed by atoms with Gasteiger partial charge in [0.15, 0.2) is 5.69 Å². The number of halogens is 2. The highest BCUT2D eigenvalue weighted by Gasteiger charge is 2.18. The Hall–Kier alpha value is -2.36. The standard InChI is InChI=1S/C16H14Cl2N4O2/c1-3-7-22-15(23)10(8-19)9(2)14(16(22)24)21-20-12-6-4-5-11(17)13(12)18/h4-6,23H,3,7H2,1-2H3. The third kappa shape index (κ3) is 3.28. The molecule has 0 spiro atoms. The van der Waals surface area contributed by atoms with Crippen LogP contribution in [0.4, 0.5) is 11.4 Å². The minimum absolute atomic E-state index is 0.00538. The summed E-state index contributed by atoms with van der Waals surface area (Å²) in [5.74, 6) is -0.360. The molecule has 8 heteroatoms. The van der Waals surface area contributed by atoms with Gasteiger partial charge in [-0.3, -0.25) is 9.36 Å². The van der Waals surface area contributed by atoms with Crippen molar-refractivity contribution < 1.29 is 5.11 Å². The molecule has 2 rings (SSSR count). The minimum atomic E-state index is -0.521. The first-order valence-corrected chi connectivity index (χ1v) is 7.90. The molecule has 1 N–H and O–H groups in total. The van der Waals surface area contributed by atoms with Gasteiger partial charge in [0.25, 0.3) is 5.56 Å². The lowest BCUT2D eigenvalue weighted by Crippen LogP contribution is -2.21. The summed E-state index contributed by atoms with van der Waals surface area (Å²) in [4.78, 5) is 12.5. The molecule has 0 aliphatic carbocycles. The Morgan fingerprint density at radius 3 is 2.67 bits per heavy atom. The Morgan fingerprint density at radius 2 is 2.04 bits per heavy atom. The van der Waals surface area contributed by atoms with E-state index in [-0.39, 0.29) is 34.3 Å². The van der Waals surface area contributed by atoms with Crippen LogP contribution in [0.5, 0.6) is 5.88 Å². The van der Waals surface area contributed by atoms with E-state index in [1.54, 1.807) is 18.2 Å². The molecule has 0 aliphatic heterocycles. The maximum Gasteiger partial charge on any atom is 0.281 e. The lowest BCUT2D eigenvalue weighted by molar-refractivity contribution is 0.402. The van der Waals surface area contributed by atoms with Crippen LogP contribution in [0, 0.1) is 18.3 Å². The summed E-state index contributed by atoms with van der Waals surface area (Å²) in [7, 11) is 0. The summed E-state index contributed by atoms with van der Waals surface area (Å²) < 4.78 is 1.11. The van der Waals surface area contributed by atoms with Gasteiger partial charge in [0.2, 0.25) is 5.88 Å². The van der Waals surface area contributed by atoms with E-state index in [4.69, 9.17) is 23.2 Å². The molecule has 0 atom stereocenters. The summed E-state index contributed by atoms with van der Waals surface area (Å²) in [6.07, 6.45) is 0.609. The van der Waals surface area contributed by atoms with Crippen molar-refractivity contribution in [2.75, 3.05) is 0 Å². The van der Waals surface area contributed by atoms with E-state index in [9.17, 15) is 15.2 Å². The Kier molecular flexibility index (Phi) is 5.60. The van der Waals surface area contributed by atoms with Gasteiger partial charge < -0.3 is 5.11 Å². The fourth-order valence-corrected chi connectivity index (χ4v) is 2.50. The van der Waals surface area contributed by atoms with Crippen molar-refractivity contribution in [3.05, 3.63) is 49.7 Å². The minimum Gasteiger partial charge on any atom is -0.493 e. The molecule has 0 saturated heterocycles. The summed E-state index contributed by atoms with van der Waals surface area (Å²) in [6.45, 7) is 3.65. The number of nitriles is 1. The number of nitrogens with zero attached hydrogens (tertiary/aromatic N) is 4. The second kappa shape index (κ2) is 7.47. The smallest absolute Gasteiger partial charge is 0.281 e. The van der Waals surface area contributed by atoms with Crippen molar-refractivity contribution in [2.45, 2.75) is 26.8 Å². The second-order valence-corrected chi connectivity index (χ2v) is 5.80. The molecule has 1 aromatic heterocycles. The molecule has 1 aromatic carbocycles.